The summed E-state index contributed by atoms with van der Waals surface area (Å²) >= 11 is 0. The summed E-state index contributed by atoms with van der Waals surface area (Å²) in [6.45, 7) is 3.60. The first-order chi connectivity index (χ1) is 16.3. The maximum absolute atomic E-state index is 13.3. The number of nitrogens with zero attached hydrogens (tertiary/aromatic N) is 2. The maximum atomic E-state index is 13.3. The van der Waals surface area contributed by atoms with Crippen molar-refractivity contribution in [2.45, 2.75) is 19.9 Å². The Morgan fingerprint density at radius 2 is 1.65 bits per heavy atom. The molecule has 1 fully saturated rings. The number of ether oxygens (including phenoxy) is 1. The number of aliphatic hydroxyl groups is 1. The van der Waals surface area contributed by atoms with E-state index in [2.05, 4.69) is 0 Å². The third kappa shape index (κ3) is 3.76. The van der Waals surface area contributed by atoms with Gasteiger partial charge in [-0.1, -0.05) is 12.1 Å². The topological polar surface area (TPSA) is 111 Å². The van der Waals surface area contributed by atoms with Crippen LogP contribution >= 0.6 is 0 Å². The number of methoxy groups -OCH3 is 1. The molecule has 0 saturated carbocycles. The largest absolute Gasteiger partial charge is 0.508 e. The van der Waals surface area contributed by atoms with Crippen molar-refractivity contribution < 1.29 is 24.5 Å². The van der Waals surface area contributed by atoms with Crippen molar-refractivity contribution in [2.75, 3.05) is 12.0 Å². The summed E-state index contributed by atoms with van der Waals surface area (Å²) in [4.78, 5) is 27.8. The Morgan fingerprint density at radius 3 is 2.24 bits per heavy atom. The molecule has 1 amide bonds. The normalized spacial score (nSPS) is 17.0. The molecular weight excluding hydrogens is 432 g/mol. The Balaban J connectivity index is 1.96. The number of phenolic OH excluding ortho intramolecular Hbond substituents is 1. The summed E-state index contributed by atoms with van der Waals surface area (Å²) in [5.41, 5.74) is 3.14. The van der Waals surface area contributed by atoms with Crippen LogP contribution < -0.4 is 9.64 Å². The van der Waals surface area contributed by atoms with Crippen molar-refractivity contribution >= 4 is 23.1 Å². The molecule has 34 heavy (non-hydrogen) atoms. The summed E-state index contributed by atoms with van der Waals surface area (Å²) in [6, 6.07) is 17.0. The number of aryl methyl sites for hydroxylation is 2. The average Bonchev–Trinajstić information content (AvgIpc) is 3.10. The number of aliphatic hydroxyl groups excluding tert-OH is 1. The number of hydrogen-bond acceptors (Lipinski definition) is 6. The molecule has 3 aromatic carbocycles. The molecular formula is C27H22N2O5. The fourth-order valence-corrected chi connectivity index (χ4v) is 4.18. The SMILES string of the molecule is COc1cc(C)c(/C(O)=C2\C(=O)C(=O)N(c3ccc(C#N)cc3)C2c2ccc(O)cc2)cc1C. The number of benzene rings is 3. The molecule has 2 N–H and O–H groups in total. The molecule has 1 heterocycles. The van der Waals surface area contributed by atoms with E-state index < -0.39 is 17.7 Å². The summed E-state index contributed by atoms with van der Waals surface area (Å²) in [6.07, 6.45) is 0. The number of rotatable bonds is 4. The number of anilines is 1. The van der Waals surface area contributed by atoms with Crippen molar-refractivity contribution in [2.24, 2.45) is 0 Å². The molecule has 1 atom stereocenters. The van der Waals surface area contributed by atoms with Gasteiger partial charge in [-0.3, -0.25) is 14.5 Å². The molecule has 3 aromatic rings. The van der Waals surface area contributed by atoms with E-state index in [1.807, 2.05) is 13.0 Å². The van der Waals surface area contributed by atoms with Crippen LogP contribution in [0.25, 0.3) is 5.76 Å². The Hall–Kier alpha value is -4.57. The van der Waals surface area contributed by atoms with Crippen LogP contribution in [0, 0.1) is 25.2 Å². The number of ketones is 1. The predicted molar refractivity (Wildman–Crippen MR) is 127 cm³/mol. The third-order valence-electron chi connectivity index (χ3n) is 5.92. The van der Waals surface area contributed by atoms with Gasteiger partial charge in [-0.05, 0) is 79.1 Å². The van der Waals surface area contributed by atoms with E-state index >= 15 is 0 Å². The lowest BCUT2D eigenvalue weighted by atomic mass is 9.93. The lowest BCUT2D eigenvalue weighted by Gasteiger charge is -2.25. The van der Waals surface area contributed by atoms with E-state index in [9.17, 15) is 19.8 Å². The number of amides is 1. The van der Waals surface area contributed by atoms with Crippen LogP contribution in [0.3, 0.4) is 0 Å². The van der Waals surface area contributed by atoms with Crippen LogP contribution in [0.2, 0.25) is 0 Å². The Morgan fingerprint density at radius 1 is 1.00 bits per heavy atom. The number of Topliss-reactive ketones (excluding diaryl/α,β-unsaturated/α-hetero) is 1. The van der Waals surface area contributed by atoms with Gasteiger partial charge in [-0.15, -0.1) is 0 Å². The molecule has 170 valence electrons. The average molecular weight is 454 g/mol. The number of hydrogen-bond donors (Lipinski definition) is 2. The first-order valence-corrected chi connectivity index (χ1v) is 10.5. The van der Waals surface area contributed by atoms with Crippen molar-refractivity contribution in [3.63, 3.8) is 0 Å². The minimum absolute atomic E-state index is 0.0284. The van der Waals surface area contributed by atoms with Gasteiger partial charge >= 0.3 is 0 Å². The molecule has 0 aliphatic carbocycles. The second kappa shape index (κ2) is 8.75. The third-order valence-corrected chi connectivity index (χ3v) is 5.92. The first kappa shape index (κ1) is 22.6. The number of phenols is 1. The zero-order chi connectivity index (χ0) is 24.6. The fraction of sp³-hybridized carbons (Fsp3) is 0.148. The van der Waals surface area contributed by atoms with Crippen LogP contribution in [-0.4, -0.2) is 29.0 Å². The van der Waals surface area contributed by atoms with Crippen LogP contribution in [0.1, 0.15) is 33.9 Å². The highest BCUT2D eigenvalue weighted by Crippen LogP contribution is 2.43. The molecule has 1 aliphatic heterocycles. The first-order valence-electron chi connectivity index (χ1n) is 10.5. The van der Waals surface area contributed by atoms with E-state index in [0.29, 0.717) is 33.7 Å². The Labute approximate surface area is 196 Å². The molecule has 0 bridgehead atoms. The van der Waals surface area contributed by atoms with Gasteiger partial charge in [0.15, 0.2) is 0 Å². The summed E-state index contributed by atoms with van der Waals surface area (Å²) in [5.74, 6) is -1.25. The monoisotopic (exact) mass is 454 g/mol. The number of carbonyl (C=O) groups excluding carboxylic acids is 2. The lowest BCUT2D eigenvalue weighted by Crippen LogP contribution is -2.29. The van der Waals surface area contributed by atoms with Crippen molar-refractivity contribution in [1.29, 1.82) is 5.26 Å². The highest BCUT2D eigenvalue weighted by molar-refractivity contribution is 6.51. The van der Waals surface area contributed by atoms with Crippen LogP contribution in [0.15, 0.2) is 66.2 Å². The zero-order valence-corrected chi connectivity index (χ0v) is 18.9. The van der Waals surface area contributed by atoms with Gasteiger partial charge < -0.3 is 14.9 Å². The minimum Gasteiger partial charge on any atom is -0.508 e. The second-order valence-corrected chi connectivity index (χ2v) is 8.06. The van der Waals surface area contributed by atoms with Gasteiger partial charge in [0.2, 0.25) is 0 Å². The van der Waals surface area contributed by atoms with Gasteiger partial charge in [0.25, 0.3) is 11.7 Å². The van der Waals surface area contributed by atoms with Crippen LogP contribution in [-0.2, 0) is 9.59 Å². The van der Waals surface area contributed by atoms with Crippen molar-refractivity contribution in [3.8, 4) is 17.6 Å². The Bertz CT molecular complexity index is 1370. The zero-order valence-electron chi connectivity index (χ0n) is 18.9. The molecule has 4 rings (SSSR count). The predicted octanol–water partition coefficient (Wildman–Crippen LogP) is 4.52. The molecule has 1 saturated heterocycles. The van der Waals surface area contributed by atoms with Gasteiger partial charge in [-0.2, -0.15) is 5.26 Å². The molecule has 1 aliphatic rings. The summed E-state index contributed by atoms with van der Waals surface area (Å²) in [5, 5.41) is 30.2. The number of carbonyl (C=O) groups is 2. The molecule has 1 unspecified atom stereocenters. The Kier molecular flexibility index (Phi) is 5.82. The van der Waals surface area contributed by atoms with Crippen molar-refractivity contribution in [3.05, 3.63) is 94.1 Å². The van der Waals surface area contributed by atoms with Gasteiger partial charge in [0, 0.05) is 11.3 Å². The quantitative estimate of drug-likeness (QED) is 0.341. The second-order valence-electron chi connectivity index (χ2n) is 8.06. The smallest absolute Gasteiger partial charge is 0.300 e. The highest BCUT2D eigenvalue weighted by Gasteiger charge is 2.47. The molecule has 7 nitrogen and oxygen atoms in total. The van der Waals surface area contributed by atoms with Crippen LogP contribution in [0.5, 0.6) is 11.5 Å². The molecule has 0 radical (unpaired) electrons. The minimum atomic E-state index is -0.935. The molecule has 0 aromatic heterocycles. The van der Waals surface area contributed by atoms with E-state index in [4.69, 9.17) is 10.00 Å². The fourth-order valence-electron chi connectivity index (χ4n) is 4.18. The molecule has 7 heteroatoms. The maximum Gasteiger partial charge on any atom is 0.300 e. The number of aromatic hydroxyl groups is 1. The number of nitriles is 1. The van der Waals surface area contributed by atoms with Gasteiger partial charge in [0.05, 0.1) is 30.4 Å². The van der Waals surface area contributed by atoms with Gasteiger partial charge in [-0.25, -0.2) is 0 Å². The van der Waals surface area contributed by atoms with E-state index in [-0.39, 0.29) is 17.1 Å². The summed E-state index contributed by atoms with van der Waals surface area (Å²) in [7, 11) is 1.55. The van der Waals surface area contributed by atoms with E-state index in [1.165, 1.54) is 17.0 Å². The summed E-state index contributed by atoms with van der Waals surface area (Å²) < 4.78 is 5.35. The standard InChI is InChI=1S/C27H22N2O5/c1-15-13-22(34-3)16(2)12-21(15)25(31)23-24(18-6-10-20(30)11-7-18)29(27(33)26(23)32)19-8-4-17(14-28)5-9-19/h4-13,24,30-31H,1-3H3/b25-23+. The van der Waals surface area contributed by atoms with Crippen molar-refractivity contribution in [1.82, 2.24) is 0 Å². The van der Waals surface area contributed by atoms with E-state index in [0.717, 1.165) is 5.56 Å². The lowest BCUT2D eigenvalue weighted by molar-refractivity contribution is -0.132. The highest BCUT2D eigenvalue weighted by atomic mass is 16.5. The van der Waals surface area contributed by atoms with Gasteiger partial charge in [0.1, 0.15) is 17.3 Å². The van der Waals surface area contributed by atoms with E-state index in [1.54, 1.807) is 62.6 Å². The van der Waals surface area contributed by atoms with Crippen LogP contribution in [0.4, 0.5) is 5.69 Å². The molecule has 0 spiro atoms.